The second kappa shape index (κ2) is 4.17. The number of hydrogen-bond acceptors (Lipinski definition) is 5. The highest BCUT2D eigenvalue weighted by Gasteiger charge is 2.27. The first-order valence-electron chi connectivity index (χ1n) is 4.74. The van der Waals surface area contributed by atoms with Crippen LogP contribution in [0.25, 0.3) is 6.08 Å². The fourth-order valence-corrected chi connectivity index (χ4v) is 1.40. The van der Waals surface area contributed by atoms with Gasteiger partial charge in [0.15, 0.2) is 6.61 Å². The minimum absolute atomic E-state index is 0.0288. The van der Waals surface area contributed by atoms with Crippen molar-refractivity contribution in [3.05, 3.63) is 45.5 Å². The largest absolute Gasteiger partial charge is 0.454 e. The maximum absolute atomic E-state index is 11.2. The van der Waals surface area contributed by atoms with Crippen LogP contribution in [0.3, 0.4) is 0 Å². The highest BCUT2D eigenvalue weighted by Crippen LogP contribution is 2.17. The van der Waals surface area contributed by atoms with Gasteiger partial charge in [0.2, 0.25) is 5.78 Å². The number of benzene rings is 1. The average molecular weight is 233 g/mol. The van der Waals surface area contributed by atoms with Crippen LogP contribution < -0.4 is 0 Å². The molecule has 6 heteroatoms. The summed E-state index contributed by atoms with van der Waals surface area (Å²) >= 11 is 0. The van der Waals surface area contributed by atoms with Crippen LogP contribution in [0.2, 0.25) is 0 Å². The smallest absolute Gasteiger partial charge is 0.342 e. The number of nitro benzene ring substituents is 1. The Morgan fingerprint density at radius 1 is 1.24 bits per heavy atom. The number of Topliss-reactive ketones (excluding diaryl/α,β-unsaturated/α-hetero) is 1. The summed E-state index contributed by atoms with van der Waals surface area (Å²) in [6.45, 7) is -0.238. The summed E-state index contributed by atoms with van der Waals surface area (Å²) in [4.78, 5) is 32.3. The first-order valence-corrected chi connectivity index (χ1v) is 4.74. The molecule has 0 N–H and O–H groups in total. The highest BCUT2D eigenvalue weighted by atomic mass is 16.6. The van der Waals surface area contributed by atoms with Gasteiger partial charge in [-0.15, -0.1) is 0 Å². The third-order valence-electron chi connectivity index (χ3n) is 2.27. The molecule has 1 saturated heterocycles. The zero-order chi connectivity index (χ0) is 12.4. The lowest BCUT2D eigenvalue weighted by molar-refractivity contribution is -0.384. The Morgan fingerprint density at radius 3 is 2.35 bits per heavy atom. The zero-order valence-electron chi connectivity index (χ0n) is 8.58. The van der Waals surface area contributed by atoms with E-state index in [2.05, 4.69) is 4.74 Å². The lowest BCUT2D eigenvalue weighted by Crippen LogP contribution is -2.00. The molecule has 1 fully saturated rings. The van der Waals surface area contributed by atoms with Crippen molar-refractivity contribution in [3.63, 3.8) is 0 Å². The van der Waals surface area contributed by atoms with Crippen molar-refractivity contribution >= 4 is 23.5 Å². The first kappa shape index (κ1) is 11.0. The third kappa shape index (κ3) is 2.20. The predicted octanol–water partition coefficient (Wildman–Crippen LogP) is 1.10. The number of carbonyl (C=O) groups excluding carboxylic acids is 2. The van der Waals surface area contributed by atoms with Crippen LogP contribution in [0, 0.1) is 10.1 Å². The fourth-order valence-electron chi connectivity index (χ4n) is 1.40. The van der Waals surface area contributed by atoms with E-state index in [9.17, 15) is 19.7 Å². The third-order valence-corrected chi connectivity index (χ3v) is 2.27. The van der Waals surface area contributed by atoms with Crippen molar-refractivity contribution in [3.8, 4) is 0 Å². The molecule has 1 aliphatic rings. The van der Waals surface area contributed by atoms with E-state index in [4.69, 9.17) is 0 Å². The number of hydrogen-bond donors (Lipinski definition) is 0. The molecule has 1 aromatic carbocycles. The number of esters is 1. The van der Waals surface area contributed by atoms with Crippen molar-refractivity contribution < 1.29 is 19.2 Å². The van der Waals surface area contributed by atoms with Gasteiger partial charge in [-0.25, -0.2) is 4.79 Å². The molecule has 1 aromatic rings. The quantitative estimate of drug-likeness (QED) is 0.251. The molecule has 6 nitrogen and oxygen atoms in total. The summed E-state index contributed by atoms with van der Waals surface area (Å²) in [6, 6.07) is 5.53. The predicted molar refractivity (Wildman–Crippen MR) is 57.0 cm³/mol. The SMILES string of the molecule is O=C1COC(=O)C1=Cc1ccc([N+](=O)[O-])cc1. The van der Waals surface area contributed by atoms with Crippen LogP contribution in [-0.2, 0) is 14.3 Å². The first-order chi connectivity index (χ1) is 8.08. The molecule has 0 amide bonds. The van der Waals surface area contributed by atoms with Gasteiger partial charge in [-0.3, -0.25) is 14.9 Å². The van der Waals surface area contributed by atoms with Crippen molar-refractivity contribution in [1.29, 1.82) is 0 Å². The van der Waals surface area contributed by atoms with Crippen molar-refractivity contribution in [1.82, 2.24) is 0 Å². The normalized spacial score (nSPS) is 17.3. The molecule has 86 valence electrons. The summed E-state index contributed by atoms with van der Waals surface area (Å²) in [5, 5.41) is 10.4. The van der Waals surface area contributed by atoms with Crippen LogP contribution in [0.1, 0.15) is 5.56 Å². The van der Waals surface area contributed by atoms with Crippen LogP contribution in [0.4, 0.5) is 5.69 Å². The average Bonchev–Trinajstić information content (AvgIpc) is 2.61. The molecule has 17 heavy (non-hydrogen) atoms. The monoisotopic (exact) mass is 233 g/mol. The Morgan fingerprint density at radius 2 is 1.88 bits per heavy atom. The van der Waals surface area contributed by atoms with E-state index >= 15 is 0 Å². The topological polar surface area (TPSA) is 86.5 Å². The molecule has 0 spiro atoms. The number of ketones is 1. The molecule has 0 bridgehead atoms. The van der Waals surface area contributed by atoms with Crippen molar-refractivity contribution in [2.45, 2.75) is 0 Å². The summed E-state index contributed by atoms with van der Waals surface area (Å²) in [6.07, 6.45) is 1.36. The molecule has 1 heterocycles. The Bertz CT molecular complexity index is 511. The molecule has 0 aliphatic carbocycles. The lowest BCUT2D eigenvalue weighted by atomic mass is 10.1. The number of non-ortho nitro benzene ring substituents is 1. The second-order valence-corrected chi connectivity index (χ2v) is 3.41. The number of nitrogens with zero attached hydrogens (tertiary/aromatic N) is 1. The van der Waals surface area contributed by atoms with E-state index in [0.29, 0.717) is 5.56 Å². The van der Waals surface area contributed by atoms with Gasteiger partial charge >= 0.3 is 5.97 Å². The van der Waals surface area contributed by atoms with Crippen LogP contribution in [0.15, 0.2) is 29.8 Å². The summed E-state index contributed by atoms with van der Waals surface area (Å²) in [7, 11) is 0. The number of ether oxygens (including phenoxy) is 1. The van der Waals surface area contributed by atoms with E-state index in [1.54, 1.807) is 0 Å². The molecular weight excluding hydrogens is 226 g/mol. The van der Waals surface area contributed by atoms with Gasteiger partial charge in [0.25, 0.3) is 5.69 Å². The number of rotatable bonds is 2. The van der Waals surface area contributed by atoms with Gasteiger partial charge in [-0.2, -0.15) is 0 Å². The number of carbonyl (C=O) groups is 2. The standard InChI is InChI=1S/C11H7NO5/c13-10-6-17-11(14)9(10)5-7-1-3-8(4-2-7)12(15)16/h1-5H,6H2. The maximum Gasteiger partial charge on any atom is 0.342 e. The van der Waals surface area contributed by atoms with E-state index in [1.165, 1.54) is 30.3 Å². The molecule has 1 aliphatic heterocycles. The van der Waals surface area contributed by atoms with Crippen molar-refractivity contribution in [2.75, 3.05) is 6.61 Å². The van der Waals surface area contributed by atoms with E-state index in [-0.39, 0.29) is 23.7 Å². The Kier molecular flexibility index (Phi) is 2.70. The maximum atomic E-state index is 11.2. The minimum Gasteiger partial charge on any atom is -0.454 e. The van der Waals surface area contributed by atoms with Crippen LogP contribution >= 0.6 is 0 Å². The van der Waals surface area contributed by atoms with Crippen LogP contribution in [-0.4, -0.2) is 23.3 Å². The van der Waals surface area contributed by atoms with E-state index < -0.39 is 10.9 Å². The number of cyclic esters (lactones) is 1. The summed E-state index contributed by atoms with van der Waals surface area (Å²) in [5.74, 6) is -1.04. The second-order valence-electron chi connectivity index (χ2n) is 3.41. The Hall–Kier alpha value is -2.50. The van der Waals surface area contributed by atoms with Gasteiger partial charge < -0.3 is 4.74 Å². The number of nitro groups is 1. The molecule has 0 saturated carbocycles. The van der Waals surface area contributed by atoms with Gasteiger partial charge in [0, 0.05) is 12.1 Å². The summed E-state index contributed by atoms with van der Waals surface area (Å²) < 4.78 is 4.55. The van der Waals surface area contributed by atoms with Gasteiger partial charge in [-0.05, 0) is 23.8 Å². The Labute approximate surface area is 95.7 Å². The summed E-state index contributed by atoms with van der Waals surface area (Å²) in [5.41, 5.74) is 0.462. The molecule has 0 unspecified atom stereocenters. The molecule has 0 atom stereocenters. The van der Waals surface area contributed by atoms with Gasteiger partial charge in [0.05, 0.1) is 4.92 Å². The van der Waals surface area contributed by atoms with E-state index in [1.807, 2.05) is 0 Å². The highest BCUT2D eigenvalue weighted by molar-refractivity contribution is 6.24. The zero-order valence-corrected chi connectivity index (χ0v) is 8.58. The minimum atomic E-state index is -0.659. The van der Waals surface area contributed by atoms with Crippen LogP contribution in [0.5, 0.6) is 0 Å². The molecule has 0 radical (unpaired) electrons. The molecule has 0 aromatic heterocycles. The molecular formula is C11H7NO5. The Balaban J connectivity index is 2.30. The van der Waals surface area contributed by atoms with Gasteiger partial charge in [-0.1, -0.05) is 0 Å². The van der Waals surface area contributed by atoms with Gasteiger partial charge in [0.1, 0.15) is 5.57 Å². The molecule has 2 rings (SSSR count). The van der Waals surface area contributed by atoms with Crippen molar-refractivity contribution in [2.24, 2.45) is 0 Å². The lowest BCUT2D eigenvalue weighted by Gasteiger charge is -1.94. The fraction of sp³-hybridized carbons (Fsp3) is 0.0909. The van der Waals surface area contributed by atoms with E-state index in [0.717, 1.165) is 0 Å².